The molecule has 5 rings (SSSR count). The Morgan fingerprint density at radius 2 is 1.94 bits per heavy atom. The Morgan fingerprint density at radius 3 is 2.61 bits per heavy atom. The second kappa shape index (κ2) is 7.87. The summed E-state index contributed by atoms with van der Waals surface area (Å²) in [6.07, 6.45) is 0.168. The van der Waals surface area contributed by atoms with E-state index in [1.807, 2.05) is 0 Å². The Kier molecular flexibility index (Phi) is 5.12. The number of benzene rings is 1. The van der Waals surface area contributed by atoms with Crippen LogP contribution in [-0.4, -0.2) is 43.5 Å². The molecular formula is C22H16ClF4N5O. The monoisotopic (exact) mass is 477 g/mol. The highest BCUT2D eigenvalue weighted by Crippen LogP contribution is 2.37. The van der Waals surface area contributed by atoms with E-state index in [0.717, 1.165) is 16.0 Å². The van der Waals surface area contributed by atoms with Crippen LogP contribution >= 0.6 is 11.6 Å². The van der Waals surface area contributed by atoms with Gasteiger partial charge in [-0.3, -0.25) is 14.3 Å². The van der Waals surface area contributed by atoms with Crippen LogP contribution in [0.25, 0.3) is 16.8 Å². The standard InChI is InChI=1S/C22H16ClF4N5O/c23-19-18(21(33)31-6-5-13(10-31)12-1-3-16(24)4-2-12)30-20-17(22(25,26)27)7-14(11-32(19)20)15-8-28-29-9-15/h1-4,7-9,11,13H,5-6,10H2,(H,28,29). The van der Waals surface area contributed by atoms with Gasteiger partial charge in [-0.15, -0.1) is 0 Å². The van der Waals surface area contributed by atoms with E-state index in [-0.39, 0.29) is 28.1 Å². The number of alkyl halides is 3. The molecule has 11 heteroatoms. The van der Waals surface area contributed by atoms with Crippen molar-refractivity contribution in [2.45, 2.75) is 18.5 Å². The number of aromatic amines is 1. The Labute approximate surface area is 189 Å². The molecule has 0 bridgehead atoms. The van der Waals surface area contributed by atoms with E-state index >= 15 is 0 Å². The Morgan fingerprint density at radius 1 is 1.18 bits per heavy atom. The molecule has 1 fully saturated rings. The first-order chi connectivity index (χ1) is 15.7. The van der Waals surface area contributed by atoms with Gasteiger partial charge >= 0.3 is 6.18 Å². The fourth-order valence-electron chi connectivity index (χ4n) is 4.13. The van der Waals surface area contributed by atoms with Crippen LogP contribution in [0.1, 0.15) is 34.0 Å². The minimum absolute atomic E-state index is 0.0104. The molecule has 1 amide bonds. The molecule has 170 valence electrons. The molecule has 33 heavy (non-hydrogen) atoms. The van der Waals surface area contributed by atoms with Crippen molar-refractivity contribution in [1.29, 1.82) is 0 Å². The topological polar surface area (TPSA) is 66.3 Å². The van der Waals surface area contributed by atoms with Gasteiger partial charge in [0.2, 0.25) is 0 Å². The normalized spacial score (nSPS) is 16.6. The summed E-state index contributed by atoms with van der Waals surface area (Å²) in [5.41, 5.74) is -0.158. The first kappa shape index (κ1) is 21.4. The zero-order chi connectivity index (χ0) is 23.3. The summed E-state index contributed by atoms with van der Waals surface area (Å²) in [5.74, 6) is -0.911. The van der Waals surface area contributed by atoms with Gasteiger partial charge in [-0.1, -0.05) is 23.7 Å². The number of likely N-dealkylation sites (tertiary alicyclic amines) is 1. The number of carbonyl (C=O) groups excluding carboxylic acids is 1. The highest BCUT2D eigenvalue weighted by molar-refractivity contribution is 6.33. The van der Waals surface area contributed by atoms with Crippen LogP contribution in [0.2, 0.25) is 5.15 Å². The summed E-state index contributed by atoms with van der Waals surface area (Å²) in [6.45, 7) is 0.721. The van der Waals surface area contributed by atoms with Gasteiger partial charge in [0.1, 0.15) is 11.0 Å². The van der Waals surface area contributed by atoms with E-state index in [0.29, 0.717) is 25.1 Å². The zero-order valence-corrected chi connectivity index (χ0v) is 17.7. The highest BCUT2D eigenvalue weighted by Gasteiger charge is 2.37. The number of pyridine rings is 1. The molecule has 1 aliphatic heterocycles. The first-order valence-corrected chi connectivity index (χ1v) is 10.4. The summed E-state index contributed by atoms with van der Waals surface area (Å²) in [6, 6.07) is 7.00. The molecule has 0 radical (unpaired) electrons. The summed E-state index contributed by atoms with van der Waals surface area (Å²) in [7, 11) is 0. The minimum atomic E-state index is -4.71. The maximum atomic E-state index is 13.8. The summed E-state index contributed by atoms with van der Waals surface area (Å²) < 4.78 is 55.7. The molecule has 1 aromatic carbocycles. The molecule has 1 unspecified atom stereocenters. The molecule has 4 aromatic rings. The summed E-state index contributed by atoms with van der Waals surface area (Å²) in [4.78, 5) is 18.7. The second-order valence-corrected chi connectivity index (χ2v) is 8.22. The van der Waals surface area contributed by atoms with Crippen molar-refractivity contribution in [3.05, 3.63) is 76.7 Å². The smallest absolute Gasteiger partial charge is 0.337 e. The van der Waals surface area contributed by atoms with E-state index in [1.54, 1.807) is 12.1 Å². The van der Waals surface area contributed by atoms with Crippen molar-refractivity contribution in [3.8, 4) is 11.1 Å². The number of aromatic nitrogens is 4. The van der Waals surface area contributed by atoms with Crippen molar-refractivity contribution >= 4 is 23.2 Å². The van der Waals surface area contributed by atoms with Gasteiger partial charge in [0.15, 0.2) is 11.3 Å². The lowest BCUT2D eigenvalue weighted by molar-refractivity contribution is -0.136. The number of H-pyrrole nitrogens is 1. The Bertz CT molecular complexity index is 1330. The van der Waals surface area contributed by atoms with Gasteiger partial charge in [0.05, 0.1) is 11.8 Å². The van der Waals surface area contributed by atoms with Gasteiger partial charge < -0.3 is 4.90 Å². The molecule has 3 aromatic heterocycles. The number of hydrogen-bond donors (Lipinski definition) is 1. The molecule has 4 heterocycles. The fraction of sp³-hybridized carbons (Fsp3) is 0.227. The first-order valence-electron chi connectivity index (χ1n) is 10.0. The van der Waals surface area contributed by atoms with Crippen molar-refractivity contribution < 1.29 is 22.4 Å². The minimum Gasteiger partial charge on any atom is -0.337 e. The number of fused-ring (bicyclic) bond motifs is 1. The van der Waals surface area contributed by atoms with Crippen LogP contribution in [0.5, 0.6) is 0 Å². The second-order valence-electron chi connectivity index (χ2n) is 7.86. The SMILES string of the molecule is O=C(c1nc2c(C(F)(F)F)cc(-c3cn[nH]c3)cn2c1Cl)N1CCC(c2ccc(F)cc2)C1. The molecular weight excluding hydrogens is 462 g/mol. The number of carbonyl (C=O) groups is 1. The number of amides is 1. The summed E-state index contributed by atoms with van der Waals surface area (Å²) >= 11 is 6.38. The molecule has 0 saturated carbocycles. The predicted octanol–water partition coefficient (Wildman–Crippen LogP) is 5.17. The van der Waals surface area contributed by atoms with E-state index in [1.165, 1.54) is 35.6 Å². The van der Waals surface area contributed by atoms with Gasteiger partial charge in [0, 0.05) is 42.5 Å². The van der Waals surface area contributed by atoms with E-state index in [2.05, 4.69) is 15.2 Å². The van der Waals surface area contributed by atoms with Gasteiger partial charge in [0.25, 0.3) is 5.91 Å². The highest BCUT2D eigenvalue weighted by atomic mass is 35.5. The van der Waals surface area contributed by atoms with Crippen molar-refractivity contribution in [3.63, 3.8) is 0 Å². The largest absolute Gasteiger partial charge is 0.420 e. The molecule has 6 nitrogen and oxygen atoms in total. The third kappa shape index (κ3) is 3.84. The quantitative estimate of drug-likeness (QED) is 0.414. The van der Waals surface area contributed by atoms with Crippen LogP contribution in [-0.2, 0) is 6.18 Å². The number of halogens is 5. The Hall–Kier alpha value is -3.40. The van der Waals surface area contributed by atoms with E-state index in [9.17, 15) is 22.4 Å². The van der Waals surface area contributed by atoms with Crippen molar-refractivity contribution in [1.82, 2.24) is 24.5 Å². The van der Waals surface area contributed by atoms with E-state index < -0.39 is 23.3 Å². The molecule has 1 aliphatic rings. The van der Waals surface area contributed by atoms with E-state index in [4.69, 9.17) is 11.6 Å². The molecule has 1 N–H and O–H groups in total. The average molecular weight is 478 g/mol. The lowest BCUT2D eigenvalue weighted by atomic mass is 9.99. The van der Waals surface area contributed by atoms with Gasteiger partial charge in [-0.25, -0.2) is 9.37 Å². The number of hydrogen-bond acceptors (Lipinski definition) is 3. The molecule has 1 atom stereocenters. The lowest BCUT2D eigenvalue weighted by Crippen LogP contribution is -2.29. The van der Waals surface area contributed by atoms with Crippen LogP contribution in [0.3, 0.4) is 0 Å². The maximum absolute atomic E-state index is 13.8. The molecule has 1 saturated heterocycles. The number of rotatable bonds is 3. The average Bonchev–Trinajstić information content (AvgIpc) is 3.53. The molecule has 0 aliphatic carbocycles. The molecule has 0 spiro atoms. The fourth-order valence-corrected chi connectivity index (χ4v) is 4.38. The predicted molar refractivity (Wildman–Crippen MR) is 112 cm³/mol. The van der Waals surface area contributed by atoms with Crippen molar-refractivity contribution in [2.24, 2.45) is 0 Å². The van der Waals surface area contributed by atoms with Gasteiger partial charge in [-0.05, 0) is 30.2 Å². The number of nitrogens with zero attached hydrogens (tertiary/aromatic N) is 4. The van der Waals surface area contributed by atoms with Crippen LogP contribution < -0.4 is 0 Å². The number of imidazole rings is 1. The Balaban J connectivity index is 1.51. The van der Waals surface area contributed by atoms with Gasteiger partial charge in [-0.2, -0.15) is 18.3 Å². The van der Waals surface area contributed by atoms with Crippen molar-refractivity contribution in [2.75, 3.05) is 13.1 Å². The van der Waals surface area contributed by atoms with Crippen LogP contribution in [0.4, 0.5) is 17.6 Å². The lowest BCUT2D eigenvalue weighted by Gasteiger charge is -2.15. The summed E-state index contributed by atoms with van der Waals surface area (Å²) in [5, 5.41) is 6.13. The third-order valence-electron chi connectivity index (χ3n) is 5.82. The van der Waals surface area contributed by atoms with Crippen LogP contribution in [0.15, 0.2) is 48.9 Å². The third-order valence-corrected chi connectivity index (χ3v) is 6.18. The zero-order valence-electron chi connectivity index (χ0n) is 16.9. The maximum Gasteiger partial charge on any atom is 0.420 e. The van der Waals surface area contributed by atoms with Crippen LogP contribution in [0, 0.1) is 5.82 Å². The number of nitrogens with one attached hydrogen (secondary N) is 1.